The molecule has 23 heavy (non-hydrogen) atoms. The van der Waals surface area contributed by atoms with Gasteiger partial charge in [-0.2, -0.15) is 0 Å². The summed E-state index contributed by atoms with van der Waals surface area (Å²) in [6.07, 6.45) is 3.93. The molecule has 0 atom stereocenters. The number of methoxy groups -OCH3 is 1. The molecule has 7 heteroatoms. The van der Waals surface area contributed by atoms with Gasteiger partial charge in [-0.05, 0) is 38.8 Å². The number of hydrogen-bond donors (Lipinski definition) is 3. The van der Waals surface area contributed by atoms with Crippen LogP contribution in [0.15, 0.2) is 29.4 Å². The van der Waals surface area contributed by atoms with Crippen LogP contribution in [0.5, 0.6) is 0 Å². The molecule has 0 radical (unpaired) electrons. The van der Waals surface area contributed by atoms with E-state index < -0.39 is 0 Å². The number of unbranched alkanes of at least 4 members (excludes halogenated alkanes) is 1. The van der Waals surface area contributed by atoms with Gasteiger partial charge in [-0.3, -0.25) is 4.99 Å². The number of aromatic nitrogens is 1. The Balaban J connectivity index is 0.00000484. The molecule has 0 aliphatic rings. The molecule has 0 amide bonds. The lowest BCUT2D eigenvalue weighted by Crippen LogP contribution is -2.45. The van der Waals surface area contributed by atoms with Crippen LogP contribution in [0.1, 0.15) is 26.7 Å². The Morgan fingerprint density at radius 1 is 1.22 bits per heavy atom. The van der Waals surface area contributed by atoms with Crippen LogP contribution >= 0.6 is 24.0 Å². The standard InChI is InChI=1S/C16H29N5O.HI/c1-16(2,22-4)13-21-15(17-3)20-12-8-7-11-19-14-9-5-6-10-18-14;/h5-6,9-10H,7-8,11-13H2,1-4H3,(H,18,19)(H2,17,20,21);1H. The van der Waals surface area contributed by atoms with Gasteiger partial charge in [0.25, 0.3) is 0 Å². The van der Waals surface area contributed by atoms with Crippen LogP contribution < -0.4 is 16.0 Å². The molecule has 0 aliphatic carbocycles. The molecule has 0 saturated heterocycles. The minimum absolute atomic E-state index is 0. The first-order chi connectivity index (χ1) is 10.6. The number of guanidine groups is 1. The first kappa shape index (κ1) is 21.9. The number of pyridine rings is 1. The van der Waals surface area contributed by atoms with Crippen LogP contribution in [-0.2, 0) is 4.74 Å². The van der Waals surface area contributed by atoms with Crippen LogP contribution in [0.25, 0.3) is 0 Å². The van der Waals surface area contributed by atoms with E-state index in [9.17, 15) is 0 Å². The number of aliphatic imine (C=N–C) groups is 1. The average Bonchev–Trinajstić information content (AvgIpc) is 2.54. The third-order valence-electron chi connectivity index (χ3n) is 3.32. The SMILES string of the molecule is CN=C(NCCCCNc1ccccn1)NCC(C)(C)OC.I. The largest absolute Gasteiger partial charge is 0.377 e. The normalized spacial score (nSPS) is 11.6. The van der Waals surface area contributed by atoms with Crippen LogP contribution in [0.2, 0.25) is 0 Å². The molecule has 1 heterocycles. The number of halogens is 1. The van der Waals surface area contributed by atoms with Crippen molar-refractivity contribution in [3.8, 4) is 0 Å². The summed E-state index contributed by atoms with van der Waals surface area (Å²) >= 11 is 0. The van der Waals surface area contributed by atoms with Crippen LogP contribution in [0.3, 0.4) is 0 Å². The van der Waals surface area contributed by atoms with Crippen molar-refractivity contribution in [2.45, 2.75) is 32.3 Å². The van der Waals surface area contributed by atoms with E-state index in [-0.39, 0.29) is 29.6 Å². The summed E-state index contributed by atoms with van der Waals surface area (Å²) in [7, 11) is 3.49. The first-order valence-corrected chi connectivity index (χ1v) is 7.72. The molecule has 0 spiro atoms. The van der Waals surface area contributed by atoms with E-state index >= 15 is 0 Å². The Bertz CT molecular complexity index is 439. The highest BCUT2D eigenvalue weighted by atomic mass is 127. The molecular formula is C16H30IN5O. The number of nitrogens with zero attached hydrogens (tertiary/aromatic N) is 2. The number of anilines is 1. The molecule has 0 unspecified atom stereocenters. The second kappa shape index (κ2) is 12.3. The molecule has 132 valence electrons. The number of ether oxygens (including phenoxy) is 1. The van der Waals surface area contributed by atoms with Crippen molar-refractivity contribution in [3.63, 3.8) is 0 Å². The van der Waals surface area contributed by atoms with Gasteiger partial charge in [-0.25, -0.2) is 4.98 Å². The topological polar surface area (TPSA) is 70.6 Å². The lowest BCUT2D eigenvalue weighted by molar-refractivity contribution is 0.0268. The second-order valence-electron chi connectivity index (χ2n) is 5.67. The zero-order valence-corrected chi connectivity index (χ0v) is 16.9. The molecule has 1 rings (SSSR count). The molecule has 0 bridgehead atoms. The minimum Gasteiger partial charge on any atom is -0.377 e. The summed E-state index contributed by atoms with van der Waals surface area (Å²) < 4.78 is 5.37. The summed E-state index contributed by atoms with van der Waals surface area (Å²) in [5, 5.41) is 9.87. The Morgan fingerprint density at radius 3 is 2.57 bits per heavy atom. The lowest BCUT2D eigenvalue weighted by atomic mass is 10.1. The predicted octanol–water partition coefficient (Wildman–Crippen LogP) is 2.48. The molecule has 1 aromatic heterocycles. The highest BCUT2D eigenvalue weighted by Crippen LogP contribution is 2.04. The van der Waals surface area contributed by atoms with Crippen molar-refractivity contribution in [2.24, 2.45) is 4.99 Å². The van der Waals surface area contributed by atoms with Crippen LogP contribution in [0, 0.1) is 0 Å². The summed E-state index contributed by atoms with van der Waals surface area (Å²) in [5.74, 6) is 1.73. The third-order valence-corrected chi connectivity index (χ3v) is 3.32. The number of nitrogens with one attached hydrogen (secondary N) is 3. The maximum absolute atomic E-state index is 5.37. The zero-order valence-electron chi connectivity index (χ0n) is 14.6. The molecular weight excluding hydrogens is 405 g/mol. The van der Waals surface area contributed by atoms with Gasteiger partial charge < -0.3 is 20.7 Å². The van der Waals surface area contributed by atoms with Crippen LogP contribution in [0.4, 0.5) is 5.82 Å². The fraction of sp³-hybridized carbons (Fsp3) is 0.625. The Morgan fingerprint density at radius 2 is 1.96 bits per heavy atom. The van der Waals surface area contributed by atoms with E-state index in [0.29, 0.717) is 6.54 Å². The molecule has 3 N–H and O–H groups in total. The predicted molar refractivity (Wildman–Crippen MR) is 108 cm³/mol. The summed E-state index contributed by atoms with van der Waals surface area (Å²) in [5.41, 5.74) is -0.204. The van der Waals surface area contributed by atoms with Gasteiger partial charge in [0.05, 0.1) is 5.60 Å². The van der Waals surface area contributed by atoms with Gasteiger partial charge in [0.2, 0.25) is 0 Å². The number of rotatable bonds is 9. The van der Waals surface area contributed by atoms with Crippen molar-refractivity contribution in [1.29, 1.82) is 0 Å². The monoisotopic (exact) mass is 435 g/mol. The molecule has 1 aromatic rings. The van der Waals surface area contributed by atoms with Gasteiger partial charge in [0, 0.05) is 40.0 Å². The van der Waals surface area contributed by atoms with E-state index in [1.54, 1.807) is 20.4 Å². The quantitative estimate of drug-likeness (QED) is 0.241. The van der Waals surface area contributed by atoms with Gasteiger partial charge in [-0.1, -0.05) is 6.07 Å². The summed E-state index contributed by atoms with van der Waals surface area (Å²) in [6.45, 7) is 6.59. The molecule has 0 saturated carbocycles. The molecule has 6 nitrogen and oxygen atoms in total. The Labute approximate surface area is 156 Å². The van der Waals surface area contributed by atoms with Crippen molar-refractivity contribution in [2.75, 3.05) is 39.1 Å². The maximum atomic E-state index is 5.37. The number of hydrogen-bond acceptors (Lipinski definition) is 4. The minimum atomic E-state index is -0.204. The van der Waals surface area contributed by atoms with E-state index in [2.05, 4.69) is 25.9 Å². The van der Waals surface area contributed by atoms with E-state index in [4.69, 9.17) is 4.74 Å². The summed E-state index contributed by atoms with van der Waals surface area (Å²) in [4.78, 5) is 8.43. The van der Waals surface area contributed by atoms with Gasteiger partial charge >= 0.3 is 0 Å². The fourth-order valence-corrected chi connectivity index (χ4v) is 1.73. The zero-order chi connectivity index (χ0) is 16.3. The van der Waals surface area contributed by atoms with Gasteiger partial charge in [-0.15, -0.1) is 24.0 Å². The van der Waals surface area contributed by atoms with Crippen LogP contribution in [-0.4, -0.2) is 50.3 Å². The lowest BCUT2D eigenvalue weighted by Gasteiger charge is -2.24. The van der Waals surface area contributed by atoms with Crippen molar-refractivity contribution >= 4 is 35.8 Å². The Kier molecular flexibility index (Phi) is 11.8. The third kappa shape index (κ3) is 10.3. The van der Waals surface area contributed by atoms with E-state index in [0.717, 1.165) is 37.7 Å². The van der Waals surface area contributed by atoms with E-state index in [1.807, 2.05) is 32.0 Å². The summed E-state index contributed by atoms with van der Waals surface area (Å²) in [6, 6.07) is 5.87. The highest BCUT2D eigenvalue weighted by molar-refractivity contribution is 14.0. The Hall–Kier alpha value is -1.09. The molecule has 0 aliphatic heterocycles. The van der Waals surface area contributed by atoms with Crippen molar-refractivity contribution in [1.82, 2.24) is 15.6 Å². The average molecular weight is 435 g/mol. The first-order valence-electron chi connectivity index (χ1n) is 7.72. The molecule has 0 fully saturated rings. The van der Waals surface area contributed by atoms with E-state index in [1.165, 1.54) is 0 Å². The smallest absolute Gasteiger partial charge is 0.191 e. The highest BCUT2D eigenvalue weighted by Gasteiger charge is 2.16. The van der Waals surface area contributed by atoms with Gasteiger partial charge in [0.1, 0.15) is 5.82 Å². The van der Waals surface area contributed by atoms with Crippen molar-refractivity contribution < 1.29 is 4.74 Å². The second-order valence-corrected chi connectivity index (χ2v) is 5.67. The fourth-order valence-electron chi connectivity index (χ4n) is 1.73. The maximum Gasteiger partial charge on any atom is 0.191 e. The van der Waals surface area contributed by atoms with Gasteiger partial charge in [0.15, 0.2) is 5.96 Å². The molecule has 0 aromatic carbocycles. The van der Waals surface area contributed by atoms with Crippen molar-refractivity contribution in [3.05, 3.63) is 24.4 Å².